The first-order valence-corrected chi connectivity index (χ1v) is 8.53. The summed E-state index contributed by atoms with van der Waals surface area (Å²) in [7, 11) is 0. The number of hydrogen-bond donors (Lipinski definition) is 1. The maximum atomic E-state index is 12.9. The van der Waals surface area contributed by atoms with Crippen LogP contribution in [0.4, 0.5) is 5.00 Å². The molecule has 3 rings (SSSR count). The zero-order valence-corrected chi connectivity index (χ0v) is 13.3. The highest BCUT2D eigenvalue weighted by molar-refractivity contribution is 7.16. The second kappa shape index (κ2) is 5.06. The first-order chi connectivity index (χ1) is 9.50. The normalized spacial score (nSPS) is 21.6. The van der Waals surface area contributed by atoms with Gasteiger partial charge < -0.3 is 10.6 Å². The molecule has 20 heavy (non-hydrogen) atoms. The summed E-state index contributed by atoms with van der Waals surface area (Å²) >= 11 is 1.64. The summed E-state index contributed by atoms with van der Waals surface area (Å²) in [6.45, 7) is 6.29. The Morgan fingerprint density at radius 2 is 1.90 bits per heavy atom. The van der Waals surface area contributed by atoms with Gasteiger partial charge in [0.05, 0.1) is 10.6 Å². The van der Waals surface area contributed by atoms with Crippen LogP contribution in [0.3, 0.4) is 0 Å². The minimum absolute atomic E-state index is 0.0858. The van der Waals surface area contributed by atoms with Crippen molar-refractivity contribution < 1.29 is 4.79 Å². The van der Waals surface area contributed by atoms with Crippen molar-refractivity contribution in [1.82, 2.24) is 4.90 Å². The average molecular weight is 292 g/mol. The first kappa shape index (κ1) is 13.9. The Labute approximate surface area is 125 Å². The third-order valence-corrected chi connectivity index (χ3v) is 5.83. The molecule has 110 valence electrons. The van der Waals surface area contributed by atoms with Crippen LogP contribution in [-0.2, 0) is 11.8 Å². The summed E-state index contributed by atoms with van der Waals surface area (Å²) in [5, 5.41) is 0.737. The smallest absolute Gasteiger partial charge is 0.257 e. The van der Waals surface area contributed by atoms with E-state index in [-0.39, 0.29) is 11.3 Å². The predicted molar refractivity (Wildman–Crippen MR) is 84.4 cm³/mol. The van der Waals surface area contributed by atoms with E-state index in [1.165, 1.54) is 23.3 Å². The van der Waals surface area contributed by atoms with Crippen LogP contribution in [0.1, 0.15) is 66.8 Å². The van der Waals surface area contributed by atoms with Crippen molar-refractivity contribution in [2.75, 3.05) is 18.8 Å². The van der Waals surface area contributed by atoms with Crippen molar-refractivity contribution in [3.05, 3.63) is 16.0 Å². The molecule has 2 aliphatic rings. The standard InChI is InChI=1S/C16H24N2OS/c1-16(2)8-6-7-11-13(16)12(14(17)20-11)15(19)18-9-4-3-5-10-18/h3-10,17H2,1-2H3. The third kappa shape index (κ3) is 2.24. The highest BCUT2D eigenvalue weighted by atomic mass is 32.1. The summed E-state index contributed by atoms with van der Waals surface area (Å²) in [4.78, 5) is 16.2. The van der Waals surface area contributed by atoms with Gasteiger partial charge in [0.2, 0.25) is 0 Å². The molecular weight excluding hydrogens is 268 g/mol. The van der Waals surface area contributed by atoms with Gasteiger partial charge in [0.1, 0.15) is 0 Å². The van der Waals surface area contributed by atoms with Gasteiger partial charge in [0.25, 0.3) is 5.91 Å². The maximum Gasteiger partial charge on any atom is 0.257 e. The van der Waals surface area contributed by atoms with E-state index in [9.17, 15) is 4.79 Å². The number of piperidine rings is 1. The lowest BCUT2D eigenvalue weighted by atomic mass is 9.74. The number of fused-ring (bicyclic) bond motifs is 1. The molecule has 0 aromatic carbocycles. The fourth-order valence-electron chi connectivity index (χ4n) is 3.67. The van der Waals surface area contributed by atoms with E-state index in [4.69, 9.17) is 5.73 Å². The van der Waals surface area contributed by atoms with Crippen LogP contribution < -0.4 is 5.73 Å². The molecule has 0 saturated carbocycles. The van der Waals surface area contributed by atoms with Crippen molar-refractivity contribution in [3.63, 3.8) is 0 Å². The second-order valence-corrected chi connectivity index (χ2v) is 7.87. The largest absolute Gasteiger partial charge is 0.390 e. The van der Waals surface area contributed by atoms with E-state index in [1.54, 1.807) is 11.3 Å². The molecule has 0 bridgehead atoms. The predicted octanol–water partition coefficient (Wildman–Crippen LogP) is 3.57. The molecule has 1 saturated heterocycles. The molecule has 0 atom stereocenters. The number of aryl methyl sites for hydroxylation is 1. The number of nitrogens with zero attached hydrogens (tertiary/aromatic N) is 1. The highest BCUT2D eigenvalue weighted by Gasteiger charge is 2.36. The Balaban J connectivity index is 2.01. The lowest BCUT2D eigenvalue weighted by Crippen LogP contribution is -2.37. The molecule has 3 nitrogen and oxygen atoms in total. The molecule has 1 amide bonds. The van der Waals surface area contributed by atoms with E-state index >= 15 is 0 Å². The van der Waals surface area contributed by atoms with Crippen molar-refractivity contribution >= 4 is 22.2 Å². The first-order valence-electron chi connectivity index (χ1n) is 7.71. The van der Waals surface area contributed by atoms with Crippen molar-refractivity contribution in [2.45, 2.75) is 57.8 Å². The van der Waals surface area contributed by atoms with Gasteiger partial charge in [-0.2, -0.15) is 0 Å². The summed E-state index contributed by atoms with van der Waals surface area (Å²) in [5.74, 6) is 0.176. The fourth-order valence-corrected chi connectivity index (χ4v) is 4.96. The number of anilines is 1. The minimum atomic E-state index is 0.0858. The van der Waals surface area contributed by atoms with Crippen LogP contribution in [0.5, 0.6) is 0 Å². The van der Waals surface area contributed by atoms with Gasteiger partial charge in [-0.15, -0.1) is 11.3 Å². The summed E-state index contributed by atoms with van der Waals surface area (Å²) in [5.41, 5.74) is 8.39. The van der Waals surface area contributed by atoms with Gasteiger partial charge >= 0.3 is 0 Å². The molecule has 1 aliphatic carbocycles. The van der Waals surface area contributed by atoms with Gasteiger partial charge in [-0.3, -0.25) is 4.79 Å². The summed E-state index contributed by atoms with van der Waals surface area (Å²) in [6, 6.07) is 0. The number of nitrogens with two attached hydrogens (primary N) is 1. The topological polar surface area (TPSA) is 46.3 Å². The Kier molecular flexibility index (Phi) is 3.53. The molecule has 2 heterocycles. The number of carbonyl (C=O) groups excluding carboxylic acids is 1. The number of rotatable bonds is 1. The second-order valence-electron chi connectivity index (χ2n) is 6.73. The lowest BCUT2D eigenvalue weighted by Gasteiger charge is -2.33. The fraction of sp³-hybridized carbons (Fsp3) is 0.688. The quantitative estimate of drug-likeness (QED) is 0.860. The van der Waals surface area contributed by atoms with Crippen LogP contribution in [0.25, 0.3) is 0 Å². The van der Waals surface area contributed by atoms with Crippen molar-refractivity contribution in [2.24, 2.45) is 0 Å². The van der Waals surface area contributed by atoms with Crippen LogP contribution in [0.15, 0.2) is 0 Å². The monoisotopic (exact) mass is 292 g/mol. The maximum absolute atomic E-state index is 12.9. The highest BCUT2D eigenvalue weighted by Crippen LogP contribution is 2.45. The zero-order valence-electron chi connectivity index (χ0n) is 12.5. The summed E-state index contributed by atoms with van der Waals surface area (Å²) < 4.78 is 0. The molecule has 1 aliphatic heterocycles. The van der Waals surface area contributed by atoms with Crippen LogP contribution in [-0.4, -0.2) is 23.9 Å². The molecule has 2 N–H and O–H groups in total. The molecule has 4 heteroatoms. The minimum Gasteiger partial charge on any atom is -0.390 e. The molecule has 0 radical (unpaired) electrons. The number of carbonyl (C=O) groups is 1. The number of thiophene rings is 1. The molecule has 1 aromatic heterocycles. The number of hydrogen-bond acceptors (Lipinski definition) is 3. The third-order valence-electron chi connectivity index (χ3n) is 4.75. The van der Waals surface area contributed by atoms with Gasteiger partial charge in [-0.1, -0.05) is 13.8 Å². The Morgan fingerprint density at radius 1 is 1.20 bits per heavy atom. The average Bonchev–Trinajstić information content (AvgIpc) is 2.76. The molecule has 1 aromatic rings. The van der Waals surface area contributed by atoms with E-state index < -0.39 is 0 Å². The van der Waals surface area contributed by atoms with Crippen molar-refractivity contribution in [1.29, 1.82) is 0 Å². The lowest BCUT2D eigenvalue weighted by molar-refractivity contribution is 0.0722. The van der Waals surface area contributed by atoms with Gasteiger partial charge in [0, 0.05) is 18.0 Å². The van der Waals surface area contributed by atoms with Gasteiger partial charge in [0.15, 0.2) is 0 Å². The van der Waals surface area contributed by atoms with Gasteiger partial charge in [-0.25, -0.2) is 0 Å². The van der Waals surface area contributed by atoms with E-state index in [0.717, 1.165) is 49.3 Å². The molecule has 0 unspecified atom stereocenters. The number of nitrogen functional groups attached to an aromatic ring is 1. The molecule has 0 spiro atoms. The van der Waals surface area contributed by atoms with E-state index in [0.29, 0.717) is 0 Å². The Hall–Kier alpha value is -1.03. The van der Waals surface area contributed by atoms with Crippen molar-refractivity contribution in [3.8, 4) is 0 Å². The Morgan fingerprint density at radius 3 is 2.60 bits per heavy atom. The number of amides is 1. The van der Waals surface area contributed by atoms with Gasteiger partial charge in [-0.05, 0) is 49.5 Å². The van der Waals surface area contributed by atoms with E-state index in [2.05, 4.69) is 13.8 Å². The SMILES string of the molecule is CC1(C)CCCc2sc(N)c(C(=O)N3CCCCC3)c21. The van der Waals surface area contributed by atoms with Crippen LogP contribution in [0.2, 0.25) is 0 Å². The van der Waals surface area contributed by atoms with Crippen LogP contribution in [0, 0.1) is 0 Å². The zero-order chi connectivity index (χ0) is 14.3. The van der Waals surface area contributed by atoms with E-state index in [1.807, 2.05) is 4.90 Å². The van der Waals surface area contributed by atoms with Crippen LogP contribution >= 0.6 is 11.3 Å². The Bertz CT molecular complexity index is 527. The number of likely N-dealkylation sites (tertiary alicyclic amines) is 1. The molecular formula is C16H24N2OS. The summed E-state index contributed by atoms with van der Waals surface area (Å²) in [6.07, 6.45) is 6.93. The molecule has 1 fully saturated rings.